The lowest BCUT2D eigenvalue weighted by Crippen LogP contribution is -2.55. The van der Waals surface area contributed by atoms with Gasteiger partial charge in [0.1, 0.15) is 6.04 Å². The van der Waals surface area contributed by atoms with Crippen LogP contribution in [0, 0.1) is 0 Å². The van der Waals surface area contributed by atoms with Crippen molar-refractivity contribution in [1.29, 1.82) is 0 Å². The molecule has 0 aromatic rings. The molecule has 0 rings (SSSR count). The maximum atomic E-state index is 11.7. The summed E-state index contributed by atoms with van der Waals surface area (Å²) in [7, 11) is 1.40. The fourth-order valence-electron chi connectivity index (χ4n) is 1.89. The summed E-state index contributed by atoms with van der Waals surface area (Å²) in [6.07, 6.45) is 4.35. The molecule has 0 spiro atoms. The lowest BCUT2D eigenvalue weighted by molar-refractivity contribution is -0.144. The summed E-state index contributed by atoms with van der Waals surface area (Å²) in [6, 6.07) is -0.313. The van der Waals surface area contributed by atoms with Crippen molar-refractivity contribution in [1.82, 2.24) is 5.32 Å². The van der Waals surface area contributed by atoms with Crippen LogP contribution < -0.4 is 5.32 Å². The molecule has 1 atom stereocenters. The molecule has 1 unspecified atom stereocenters. The maximum absolute atomic E-state index is 11.7. The third kappa shape index (κ3) is 5.04. The number of esters is 1. The number of hydrogen-bond donors (Lipinski definition) is 2. The summed E-state index contributed by atoms with van der Waals surface area (Å²) in [4.78, 5) is 11.7. The Balaban J connectivity index is 4.63. The Hall–Kier alpha value is -0.610. The zero-order valence-corrected chi connectivity index (χ0v) is 11.6. The molecule has 0 heterocycles. The molecule has 0 fully saturated rings. The van der Waals surface area contributed by atoms with E-state index in [1.54, 1.807) is 0 Å². The monoisotopic (exact) mass is 245 g/mol. The van der Waals surface area contributed by atoms with Gasteiger partial charge in [-0.05, 0) is 19.3 Å². The molecule has 2 N–H and O–H groups in total. The van der Waals surface area contributed by atoms with E-state index in [0.717, 1.165) is 32.1 Å². The first kappa shape index (κ1) is 16.4. The molecule has 0 aliphatic heterocycles. The van der Waals surface area contributed by atoms with Gasteiger partial charge in [-0.3, -0.25) is 10.1 Å². The van der Waals surface area contributed by atoms with Gasteiger partial charge in [-0.2, -0.15) is 0 Å². The van der Waals surface area contributed by atoms with E-state index in [2.05, 4.69) is 12.2 Å². The van der Waals surface area contributed by atoms with E-state index in [9.17, 15) is 9.90 Å². The number of methoxy groups -OCH3 is 1. The van der Waals surface area contributed by atoms with Crippen LogP contribution in [-0.4, -0.2) is 36.4 Å². The topological polar surface area (TPSA) is 58.6 Å². The molecule has 4 nitrogen and oxygen atoms in total. The van der Waals surface area contributed by atoms with Gasteiger partial charge in [0.2, 0.25) is 0 Å². The van der Waals surface area contributed by atoms with Gasteiger partial charge in [0.25, 0.3) is 0 Å². The fraction of sp³-hybridized carbons (Fsp3) is 0.923. The Morgan fingerprint density at radius 1 is 1.35 bits per heavy atom. The van der Waals surface area contributed by atoms with Crippen LogP contribution in [0.15, 0.2) is 0 Å². The van der Waals surface area contributed by atoms with Gasteiger partial charge in [-0.25, -0.2) is 0 Å². The quantitative estimate of drug-likeness (QED) is 0.609. The molecule has 0 bridgehead atoms. The van der Waals surface area contributed by atoms with Crippen molar-refractivity contribution in [2.75, 3.05) is 13.7 Å². The molecule has 0 radical (unpaired) electrons. The van der Waals surface area contributed by atoms with Crippen molar-refractivity contribution in [3.05, 3.63) is 0 Å². The normalized spacial score (nSPS) is 13.5. The van der Waals surface area contributed by atoms with Gasteiger partial charge in [0.15, 0.2) is 0 Å². The molecule has 102 valence electrons. The highest BCUT2D eigenvalue weighted by molar-refractivity contribution is 5.75. The molecule has 17 heavy (non-hydrogen) atoms. The second kappa shape index (κ2) is 8.48. The minimum atomic E-state index is -0.368. The van der Waals surface area contributed by atoms with Crippen molar-refractivity contribution >= 4 is 5.97 Å². The van der Waals surface area contributed by atoms with Crippen LogP contribution in [-0.2, 0) is 9.53 Å². The van der Waals surface area contributed by atoms with Crippen molar-refractivity contribution in [3.8, 4) is 0 Å². The zero-order valence-electron chi connectivity index (χ0n) is 11.6. The second-order valence-corrected chi connectivity index (χ2v) is 4.51. The van der Waals surface area contributed by atoms with Crippen LogP contribution in [0.2, 0.25) is 0 Å². The van der Waals surface area contributed by atoms with Crippen LogP contribution in [0.4, 0.5) is 0 Å². The number of unbranched alkanes of at least 4 members (excludes halogenated alkanes) is 1. The summed E-state index contributed by atoms with van der Waals surface area (Å²) >= 11 is 0. The van der Waals surface area contributed by atoms with Crippen LogP contribution >= 0.6 is 0 Å². The molecule has 4 heteroatoms. The lowest BCUT2D eigenvalue weighted by atomic mass is 9.92. The number of carbonyl (C=O) groups excluding carboxylic acids is 1. The lowest BCUT2D eigenvalue weighted by Gasteiger charge is -2.34. The number of hydrogen-bond acceptors (Lipinski definition) is 4. The number of carbonyl (C=O) groups is 1. The van der Waals surface area contributed by atoms with Gasteiger partial charge in [-0.15, -0.1) is 0 Å². The molecule has 0 saturated carbocycles. The maximum Gasteiger partial charge on any atom is 0.322 e. The third-order valence-electron chi connectivity index (χ3n) is 3.47. The van der Waals surface area contributed by atoms with Crippen molar-refractivity contribution in [2.24, 2.45) is 0 Å². The highest BCUT2D eigenvalue weighted by Gasteiger charge is 2.31. The Kier molecular flexibility index (Phi) is 8.17. The average Bonchev–Trinajstić information content (AvgIpc) is 2.39. The van der Waals surface area contributed by atoms with E-state index in [0.29, 0.717) is 0 Å². The first-order chi connectivity index (χ1) is 8.09. The molecule has 0 aromatic carbocycles. The van der Waals surface area contributed by atoms with E-state index in [1.807, 2.05) is 13.8 Å². The molecule has 0 amide bonds. The molecular weight excluding hydrogens is 218 g/mol. The molecule has 0 aromatic heterocycles. The highest BCUT2D eigenvalue weighted by Crippen LogP contribution is 2.17. The zero-order chi connectivity index (χ0) is 13.3. The van der Waals surface area contributed by atoms with Gasteiger partial charge in [0, 0.05) is 5.54 Å². The van der Waals surface area contributed by atoms with E-state index >= 15 is 0 Å². The Labute approximate surface area is 105 Å². The summed E-state index contributed by atoms with van der Waals surface area (Å²) in [5, 5.41) is 12.8. The van der Waals surface area contributed by atoms with Gasteiger partial charge in [-0.1, -0.05) is 33.6 Å². The van der Waals surface area contributed by atoms with E-state index in [-0.39, 0.29) is 24.2 Å². The molecule has 0 aliphatic rings. The summed E-state index contributed by atoms with van der Waals surface area (Å²) in [6.45, 7) is 6.16. The predicted molar refractivity (Wildman–Crippen MR) is 68.9 cm³/mol. The molecular formula is C13H27NO3. The van der Waals surface area contributed by atoms with Crippen LogP contribution in [0.5, 0.6) is 0 Å². The minimum absolute atomic E-state index is 0.0413. The van der Waals surface area contributed by atoms with E-state index in [1.165, 1.54) is 7.11 Å². The third-order valence-corrected chi connectivity index (χ3v) is 3.47. The first-order valence-corrected chi connectivity index (χ1v) is 6.55. The van der Waals surface area contributed by atoms with Gasteiger partial charge in [0.05, 0.1) is 13.7 Å². The fourth-order valence-corrected chi connectivity index (χ4v) is 1.89. The Bertz CT molecular complexity index is 206. The van der Waals surface area contributed by atoms with Crippen LogP contribution in [0.1, 0.15) is 52.9 Å². The number of rotatable bonds is 9. The molecule has 0 aliphatic carbocycles. The number of aliphatic hydroxyl groups excluding tert-OH is 1. The first-order valence-electron chi connectivity index (χ1n) is 6.55. The number of aliphatic hydroxyl groups is 1. The Morgan fingerprint density at radius 2 is 1.94 bits per heavy atom. The largest absolute Gasteiger partial charge is 0.468 e. The van der Waals surface area contributed by atoms with Crippen LogP contribution in [0.3, 0.4) is 0 Å². The number of nitrogens with one attached hydrogen (secondary N) is 1. The molecule has 0 saturated heterocycles. The van der Waals surface area contributed by atoms with Crippen molar-refractivity contribution < 1.29 is 14.6 Å². The van der Waals surface area contributed by atoms with Crippen molar-refractivity contribution in [2.45, 2.75) is 64.5 Å². The predicted octanol–water partition coefficient (Wildman–Crippen LogP) is 1.86. The summed E-state index contributed by atoms with van der Waals surface area (Å²) in [5.41, 5.74) is -0.368. The SMILES string of the molecule is CCCCC(NC(CC)(CC)CO)C(=O)OC. The van der Waals surface area contributed by atoms with Crippen LogP contribution in [0.25, 0.3) is 0 Å². The highest BCUT2D eigenvalue weighted by atomic mass is 16.5. The Morgan fingerprint density at radius 3 is 2.29 bits per heavy atom. The second-order valence-electron chi connectivity index (χ2n) is 4.51. The van der Waals surface area contributed by atoms with Gasteiger partial charge < -0.3 is 9.84 Å². The van der Waals surface area contributed by atoms with Crippen molar-refractivity contribution in [3.63, 3.8) is 0 Å². The number of ether oxygens (including phenoxy) is 1. The minimum Gasteiger partial charge on any atom is -0.468 e. The summed E-state index contributed by atoms with van der Waals surface area (Å²) in [5.74, 6) is -0.238. The standard InChI is InChI=1S/C13H27NO3/c1-5-8-9-11(12(16)17-4)14-13(6-2,7-3)10-15/h11,14-15H,5-10H2,1-4H3. The van der Waals surface area contributed by atoms with Gasteiger partial charge >= 0.3 is 5.97 Å². The summed E-state index contributed by atoms with van der Waals surface area (Å²) < 4.78 is 4.81. The smallest absolute Gasteiger partial charge is 0.322 e. The van der Waals surface area contributed by atoms with E-state index < -0.39 is 0 Å². The van der Waals surface area contributed by atoms with E-state index in [4.69, 9.17) is 4.74 Å². The average molecular weight is 245 g/mol.